The van der Waals surface area contributed by atoms with Crippen LogP contribution in [-0.2, 0) is 13.6 Å². The van der Waals surface area contributed by atoms with Crippen LogP contribution in [0.15, 0.2) is 6.07 Å². The van der Waals surface area contributed by atoms with E-state index in [4.69, 9.17) is 5.73 Å². The Bertz CT molecular complexity index is 316. The zero-order chi connectivity index (χ0) is 10.1. The quantitative estimate of drug-likeness (QED) is 0.751. The van der Waals surface area contributed by atoms with Crippen LogP contribution in [0.1, 0.15) is 17.8 Å². The Balaban J connectivity index is 2.00. The minimum atomic E-state index is 0.588. The van der Waals surface area contributed by atoms with Gasteiger partial charge in [-0.15, -0.1) is 0 Å². The maximum absolute atomic E-state index is 5.66. The molecule has 1 saturated heterocycles. The average molecular weight is 194 g/mol. The summed E-state index contributed by atoms with van der Waals surface area (Å²) in [5.41, 5.74) is 8.03. The molecule has 1 atom stereocenters. The lowest BCUT2D eigenvalue weighted by molar-refractivity contribution is 0.0853. The fourth-order valence-corrected chi connectivity index (χ4v) is 1.99. The first-order valence-corrected chi connectivity index (χ1v) is 5.14. The molecule has 1 unspecified atom stereocenters. The van der Waals surface area contributed by atoms with Gasteiger partial charge in [0.2, 0.25) is 0 Å². The minimum absolute atomic E-state index is 0.588. The molecular formula is C10H18N4. The number of aryl methyl sites for hydroxylation is 2. The first-order chi connectivity index (χ1) is 6.70. The number of likely N-dealkylation sites (tertiary alicyclic amines) is 1. The van der Waals surface area contributed by atoms with Gasteiger partial charge < -0.3 is 5.73 Å². The van der Waals surface area contributed by atoms with Crippen molar-refractivity contribution in [3.8, 4) is 0 Å². The van der Waals surface area contributed by atoms with E-state index in [1.165, 1.54) is 18.7 Å². The van der Waals surface area contributed by atoms with Crippen LogP contribution in [0.3, 0.4) is 0 Å². The standard InChI is InChI=1S/C10H18N4/c1-8-5-10(13(2)12-8)7-14-4-3-9(14)6-11/h5,9H,3-4,6-7,11H2,1-2H3. The second-order valence-corrected chi connectivity index (χ2v) is 4.05. The van der Waals surface area contributed by atoms with Gasteiger partial charge >= 0.3 is 0 Å². The number of nitrogens with two attached hydrogens (primary N) is 1. The minimum Gasteiger partial charge on any atom is -0.329 e. The van der Waals surface area contributed by atoms with Crippen LogP contribution in [0.2, 0.25) is 0 Å². The molecule has 0 radical (unpaired) electrons. The van der Waals surface area contributed by atoms with Crippen molar-refractivity contribution in [3.05, 3.63) is 17.5 Å². The number of hydrogen-bond donors (Lipinski definition) is 1. The summed E-state index contributed by atoms with van der Waals surface area (Å²) >= 11 is 0. The molecule has 1 aromatic heterocycles. The Hall–Kier alpha value is -0.870. The molecule has 0 bridgehead atoms. The van der Waals surface area contributed by atoms with Gasteiger partial charge in [-0.1, -0.05) is 0 Å². The number of rotatable bonds is 3. The molecular weight excluding hydrogens is 176 g/mol. The number of aromatic nitrogens is 2. The van der Waals surface area contributed by atoms with Crippen LogP contribution in [-0.4, -0.2) is 33.8 Å². The van der Waals surface area contributed by atoms with Crippen molar-refractivity contribution in [1.29, 1.82) is 0 Å². The van der Waals surface area contributed by atoms with Crippen molar-refractivity contribution in [1.82, 2.24) is 14.7 Å². The molecule has 4 heteroatoms. The Morgan fingerprint density at radius 1 is 1.64 bits per heavy atom. The highest BCUT2D eigenvalue weighted by atomic mass is 15.3. The molecule has 0 aliphatic carbocycles. The van der Waals surface area contributed by atoms with Gasteiger partial charge in [-0.05, 0) is 19.4 Å². The van der Waals surface area contributed by atoms with E-state index in [9.17, 15) is 0 Å². The molecule has 14 heavy (non-hydrogen) atoms. The van der Waals surface area contributed by atoms with Gasteiger partial charge in [-0.25, -0.2) is 0 Å². The molecule has 2 rings (SSSR count). The monoisotopic (exact) mass is 194 g/mol. The number of nitrogens with zero attached hydrogens (tertiary/aromatic N) is 3. The van der Waals surface area contributed by atoms with Gasteiger partial charge in [0.1, 0.15) is 0 Å². The lowest BCUT2D eigenvalue weighted by Crippen LogP contribution is -2.51. The summed E-state index contributed by atoms with van der Waals surface area (Å²) in [6.07, 6.45) is 1.24. The van der Waals surface area contributed by atoms with Crippen molar-refractivity contribution in [3.63, 3.8) is 0 Å². The second kappa shape index (κ2) is 3.71. The summed E-state index contributed by atoms with van der Waals surface area (Å²) in [7, 11) is 2.00. The second-order valence-electron chi connectivity index (χ2n) is 4.05. The highest BCUT2D eigenvalue weighted by molar-refractivity contribution is 5.09. The number of hydrogen-bond acceptors (Lipinski definition) is 3. The maximum Gasteiger partial charge on any atom is 0.0597 e. The molecule has 4 nitrogen and oxygen atoms in total. The Morgan fingerprint density at radius 3 is 2.86 bits per heavy atom. The molecule has 0 aromatic carbocycles. The first kappa shape index (κ1) is 9.68. The van der Waals surface area contributed by atoms with Crippen molar-refractivity contribution >= 4 is 0 Å². The van der Waals surface area contributed by atoms with Crippen LogP contribution in [0.5, 0.6) is 0 Å². The van der Waals surface area contributed by atoms with E-state index in [1.54, 1.807) is 0 Å². The van der Waals surface area contributed by atoms with Gasteiger partial charge in [-0.2, -0.15) is 5.10 Å². The maximum atomic E-state index is 5.66. The predicted molar refractivity (Wildman–Crippen MR) is 55.8 cm³/mol. The van der Waals surface area contributed by atoms with Crippen LogP contribution >= 0.6 is 0 Å². The average Bonchev–Trinajstić information content (AvgIpc) is 2.40. The normalized spacial score (nSPS) is 22.4. The molecule has 1 aromatic rings. The lowest BCUT2D eigenvalue weighted by Gasteiger charge is -2.40. The van der Waals surface area contributed by atoms with Gasteiger partial charge in [0, 0.05) is 32.7 Å². The molecule has 1 aliphatic rings. The van der Waals surface area contributed by atoms with Crippen LogP contribution < -0.4 is 5.73 Å². The molecule has 2 heterocycles. The summed E-state index contributed by atoms with van der Waals surface area (Å²) in [4.78, 5) is 2.41. The van der Waals surface area contributed by atoms with E-state index in [1.807, 2.05) is 18.7 Å². The van der Waals surface area contributed by atoms with Crippen LogP contribution in [0, 0.1) is 6.92 Å². The topological polar surface area (TPSA) is 47.1 Å². The van der Waals surface area contributed by atoms with Crippen molar-refractivity contribution in [2.24, 2.45) is 12.8 Å². The molecule has 0 spiro atoms. The van der Waals surface area contributed by atoms with E-state index >= 15 is 0 Å². The van der Waals surface area contributed by atoms with Gasteiger partial charge in [0.05, 0.1) is 11.4 Å². The summed E-state index contributed by atoms with van der Waals surface area (Å²) in [6, 6.07) is 2.73. The highest BCUT2D eigenvalue weighted by Crippen LogP contribution is 2.19. The van der Waals surface area contributed by atoms with E-state index < -0.39 is 0 Å². The fraction of sp³-hybridized carbons (Fsp3) is 0.700. The highest BCUT2D eigenvalue weighted by Gasteiger charge is 2.26. The van der Waals surface area contributed by atoms with E-state index in [-0.39, 0.29) is 0 Å². The Labute approximate surface area is 84.7 Å². The molecule has 1 aliphatic heterocycles. The van der Waals surface area contributed by atoms with Crippen molar-refractivity contribution in [2.45, 2.75) is 25.9 Å². The van der Waals surface area contributed by atoms with Crippen molar-refractivity contribution < 1.29 is 0 Å². The fourth-order valence-electron chi connectivity index (χ4n) is 1.99. The molecule has 1 fully saturated rings. The molecule has 78 valence electrons. The smallest absolute Gasteiger partial charge is 0.0597 e. The van der Waals surface area contributed by atoms with Gasteiger partial charge in [-0.3, -0.25) is 9.58 Å². The van der Waals surface area contributed by atoms with Crippen LogP contribution in [0.4, 0.5) is 0 Å². The summed E-state index contributed by atoms with van der Waals surface area (Å²) in [5, 5.41) is 4.33. The summed E-state index contributed by atoms with van der Waals surface area (Å²) in [5.74, 6) is 0. The van der Waals surface area contributed by atoms with E-state index in [0.717, 1.165) is 18.8 Å². The third kappa shape index (κ3) is 1.67. The third-order valence-corrected chi connectivity index (χ3v) is 3.00. The molecule has 0 saturated carbocycles. The van der Waals surface area contributed by atoms with E-state index in [0.29, 0.717) is 6.04 Å². The summed E-state index contributed by atoms with van der Waals surface area (Å²) < 4.78 is 1.96. The zero-order valence-corrected chi connectivity index (χ0v) is 8.90. The predicted octanol–water partition coefficient (Wildman–Crippen LogP) is 0.262. The largest absolute Gasteiger partial charge is 0.329 e. The van der Waals surface area contributed by atoms with Gasteiger partial charge in [0.15, 0.2) is 0 Å². The van der Waals surface area contributed by atoms with Crippen molar-refractivity contribution in [2.75, 3.05) is 13.1 Å². The SMILES string of the molecule is Cc1cc(CN2CCC2CN)n(C)n1. The lowest BCUT2D eigenvalue weighted by atomic mass is 10.0. The Morgan fingerprint density at radius 2 is 2.43 bits per heavy atom. The third-order valence-electron chi connectivity index (χ3n) is 3.00. The van der Waals surface area contributed by atoms with Gasteiger partial charge in [0.25, 0.3) is 0 Å². The summed E-state index contributed by atoms with van der Waals surface area (Å²) in [6.45, 7) is 4.96. The Kier molecular flexibility index (Phi) is 2.56. The molecule has 0 amide bonds. The first-order valence-electron chi connectivity index (χ1n) is 5.14. The van der Waals surface area contributed by atoms with E-state index in [2.05, 4.69) is 16.1 Å². The molecule has 2 N–H and O–H groups in total. The zero-order valence-electron chi connectivity index (χ0n) is 8.90. The van der Waals surface area contributed by atoms with Crippen LogP contribution in [0.25, 0.3) is 0 Å².